The molecule has 0 spiro atoms. The molecule has 5 nitrogen and oxygen atoms in total. The number of nitrogens with zero attached hydrogens (tertiary/aromatic N) is 1. The maximum absolute atomic E-state index is 12.5. The second-order valence-electron chi connectivity index (χ2n) is 6.60. The molecule has 0 aliphatic heterocycles. The van der Waals surface area contributed by atoms with Crippen LogP contribution in [0.2, 0.25) is 0 Å². The number of sulfonamides is 1. The van der Waals surface area contributed by atoms with Gasteiger partial charge >= 0.3 is 0 Å². The fourth-order valence-electron chi connectivity index (χ4n) is 3.09. The van der Waals surface area contributed by atoms with E-state index in [0.717, 1.165) is 28.5 Å². The number of para-hydroxylation sites is 1. The summed E-state index contributed by atoms with van der Waals surface area (Å²) in [5.74, 6) is -0.323. The Kier molecular flexibility index (Phi) is 7.02. The van der Waals surface area contributed by atoms with Crippen molar-refractivity contribution in [1.82, 2.24) is 5.32 Å². The maximum Gasteiger partial charge on any atom is 0.241 e. The summed E-state index contributed by atoms with van der Waals surface area (Å²) in [6, 6.07) is 13.6. The standard InChI is InChI=1S/C21H28N2O3S/c1-5-17-12-9-13-18(6-2)21(17)23(27(4,25)26)15-20(24)22-14-19-11-8-7-10-16(19)3/h7-13H,5-6,14-15H2,1-4H3,(H,22,24). The summed E-state index contributed by atoms with van der Waals surface area (Å²) in [4.78, 5) is 12.5. The molecule has 27 heavy (non-hydrogen) atoms. The molecule has 0 aliphatic rings. The Hall–Kier alpha value is -2.34. The smallest absolute Gasteiger partial charge is 0.241 e. The summed E-state index contributed by atoms with van der Waals surface area (Å²) in [7, 11) is -3.60. The number of hydrogen-bond donors (Lipinski definition) is 1. The van der Waals surface area contributed by atoms with Gasteiger partial charge in [0.1, 0.15) is 6.54 Å². The van der Waals surface area contributed by atoms with Gasteiger partial charge in [0.05, 0.1) is 11.9 Å². The minimum absolute atomic E-state index is 0.227. The number of nitrogens with one attached hydrogen (secondary N) is 1. The van der Waals surface area contributed by atoms with E-state index >= 15 is 0 Å². The normalized spacial score (nSPS) is 11.3. The van der Waals surface area contributed by atoms with Gasteiger partial charge in [-0.2, -0.15) is 0 Å². The van der Waals surface area contributed by atoms with Gasteiger partial charge in [-0.3, -0.25) is 9.10 Å². The first-order valence-corrected chi connectivity index (χ1v) is 11.0. The number of hydrogen-bond acceptors (Lipinski definition) is 3. The van der Waals surface area contributed by atoms with Crippen molar-refractivity contribution in [3.05, 3.63) is 64.7 Å². The minimum Gasteiger partial charge on any atom is -0.350 e. The van der Waals surface area contributed by atoms with E-state index in [0.29, 0.717) is 25.1 Å². The molecule has 0 aromatic heterocycles. The fraction of sp³-hybridized carbons (Fsp3) is 0.381. The van der Waals surface area contributed by atoms with E-state index < -0.39 is 10.0 Å². The Balaban J connectivity index is 2.26. The molecule has 6 heteroatoms. The van der Waals surface area contributed by atoms with Crippen molar-refractivity contribution < 1.29 is 13.2 Å². The van der Waals surface area contributed by atoms with Crippen LogP contribution in [0.25, 0.3) is 0 Å². The summed E-state index contributed by atoms with van der Waals surface area (Å²) >= 11 is 0. The van der Waals surface area contributed by atoms with Gasteiger partial charge in [0, 0.05) is 6.54 Å². The van der Waals surface area contributed by atoms with Gasteiger partial charge in [-0.1, -0.05) is 56.3 Å². The van der Waals surface area contributed by atoms with Crippen LogP contribution in [-0.2, 0) is 34.2 Å². The van der Waals surface area contributed by atoms with Crippen molar-refractivity contribution in [1.29, 1.82) is 0 Å². The largest absolute Gasteiger partial charge is 0.350 e. The molecule has 2 rings (SSSR count). The lowest BCUT2D eigenvalue weighted by atomic mass is 10.0. The van der Waals surface area contributed by atoms with E-state index in [9.17, 15) is 13.2 Å². The molecule has 0 fully saturated rings. The van der Waals surface area contributed by atoms with Crippen LogP contribution in [0.3, 0.4) is 0 Å². The van der Waals surface area contributed by atoms with Crippen molar-refractivity contribution in [2.45, 2.75) is 40.2 Å². The van der Waals surface area contributed by atoms with Crippen molar-refractivity contribution in [3.8, 4) is 0 Å². The molecule has 146 valence electrons. The van der Waals surface area contributed by atoms with E-state index in [4.69, 9.17) is 0 Å². The SMILES string of the molecule is CCc1cccc(CC)c1N(CC(=O)NCc1ccccc1C)S(C)(=O)=O. The van der Waals surface area contributed by atoms with Crippen LogP contribution in [0, 0.1) is 6.92 Å². The van der Waals surface area contributed by atoms with Gasteiger partial charge in [0.15, 0.2) is 0 Å². The third-order valence-corrected chi connectivity index (χ3v) is 5.75. The zero-order chi connectivity index (χ0) is 20.0. The second-order valence-corrected chi connectivity index (χ2v) is 8.51. The highest BCUT2D eigenvalue weighted by atomic mass is 32.2. The summed E-state index contributed by atoms with van der Waals surface area (Å²) in [5.41, 5.74) is 4.58. The number of aryl methyl sites for hydroxylation is 3. The summed E-state index contributed by atoms with van der Waals surface area (Å²) in [5, 5.41) is 2.84. The molecule has 0 heterocycles. The highest BCUT2D eigenvalue weighted by molar-refractivity contribution is 7.92. The van der Waals surface area contributed by atoms with E-state index in [1.165, 1.54) is 4.31 Å². The number of anilines is 1. The molecule has 2 aromatic rings. The number of amides is 1. The van der Waals surface area contributed by atoms with Gasteiger partial charge in [0.2, 0.25) is 15.9 Å². The Morgan fingerprint density at radius 2 is 1.52 bits per heavy atom. The van der Waals surface area contributed by atoms with Crippen LogP contribution in [0.1, 0.15) is 36.1 Å². The van der Waals surface area contributed by atoms with Gasteiger partial charge in [0.25, 0.3) is 0 Å². The summed E-state index contributed by atoms with van der Waals surface area (Å²) in [6.45, 7) is 6.09. The highest BCUT2D eigenvalue weighted by Gasteiger charge is 2.25. The highest BCUT2D eigenvalue weighted by Crippen LogP contribution is 2.28. The molecular formula is C21H28N2O3S. The topological polar surface area (TPSA) is 66.5 Å². The van der Waals surface area contributed by atoms with E-state index in [2.05, 4.69) is 5.32 Å². The molecule has 0 saturated carbocycles. The molecule has 0 bridgehead atoms. The zero-order valence-corrected chi connectivity index (χ0v) is 17.3. The molecule has 2 aromatic carbocycles. The fourth-order valence-corrected chi connectivity index (χ4v) is 4.00. The lowest BCUT2D eigenvalue weighted by Gasteiger charge is -2.26. The van der Waals surface area contributed by atoms with E-state index in [-0.39, 0.29) is 12.5 Å². The predicted octanol–water partition coefficient (Wildman–Crippen LogP) is 3.20. The molecule has 0 saturated heterocycles. The first-order chi connectivity index (χ1) is 12.8. The summed E-state index contributed by atoms with van der Waals surface area (Å²) in [6.07, 6.45) is 2.54. The maximum atomic E-state index is 12.5. The number of rotatable bonds is 8. The number of benzene rings is 2. The van der Waals surface area contributed by atoms with Crippen molar-refractivity contribution in [3.63, 3.8) is 0 Å². The Morgan fingerprint density at radius 1 is 0.963 bits per heavy atom. The van der Waals surface area contributed by atoms with Gasteiger partial charge in [-0.15, -0.1) is 0 Å². The van der Waals surface area contributed by atoms with Gasteiger partial charge < -0.3 is 5.32 Å². The average Bonchev–Trinajstić information content (AvgIpc) is 2.64. The van der Waals surface area contributed by atoms with Crippen LogP contribution >= 0.6 is 0 Å². The second kappa shape index (κ2) is 9.04. The van der Waals surface area contributed by atoms with Gasteiger partial charge in [-0.05, 0) is 42.0 Å². The van der Waals surface area contributed by atoms with Crippen LogP contribution < -0.4 is 9.62 Å². The number of carbonyl (C=O) groups is 1. The Morgan fingerprint density at radius 3 is 2.04 bits per heavy atom. The Labute approximate surface area is 162 Å². The monoisotopic (exact) mass is 388 g/mol. The van der Waals surface area contributed by atoms with E-state index in [1.54, 1.807) is 0 Å². The van der Waals surface area contributed by atoms with Crippen molar-refractivity contribution in [2.75, 3.05) is 17.1 Å². The summed E-state index contributed by atoms with van der Waals surface area (Å²) < 4.78 is 26.2. The van der Waals surface area contributed by atoms with Crippen LogP contribution in [0.15, 0.2) is 42.5 Å². The molecule has 1 N–H and O–H groups in total. The molecule has 0 aliphatic carbocycles. The zero-order valence-electron chi connectivity index (χ0n) is 16.5. The Bertz CT molecular complexity index is 885. The molecular weight excluding hydrogens is 360 g/mol. The first kappa shape index (κ1) is 21.0. The van der Waals surface area contributed by atoms with Crippen molar-refractivity contribution in [2.24, 2.45) is 0 Å². The first-order valence-electron chi connectivity index (χ1n) is 9.17. The third-order valence-electron chi connectivity index (χ3n) is 4.64. The predicted molar refractivity (Wildman–Crippen MR) is 110 cm³/mol. The number of carbonyl (C=O) groups excluding carboxylic acids is 1. The lowest BCUT2D eigenvalue weighted by molar-refractivity contribution is -0.119. The van der Waals surface area contributed by atoms with Crippen LogP contribution in [0.4, 0.5) is 5.69 Å². The molecule has 0 radical (unpaired) electrons. The van der Waals surface area contributed by atoms with Crippen LogP contribution in [-0.4, -0.2) is 27.1 Å². The van der Waals surface area contributed by atoms with E-state index in [1.807, 2.05) is 63.2 Å². The molecule has 0 atom stereocenters. The average molecular weight is 389 g/mol. The van der Waals surface area contributed by atoms with Crippen LogP contribution in [0.5, 0.6) is 0 Å². The lowest BCUT2D eigenvalue weighted by Crippen LogP contribution is -2.41. The quantitative estimate of drug-likeness (QED) is 0.755. The minimum atomic E-state index is -3.60. The van der Waals surface area contributed by atoms with Gasteiger partial charge in [-0.25, -0.2) is 8.42 Å². The molecule has 0 unspecified atom stereocenters. The van der Waals surface area contributed by atoms with Crippen molar-refractivity contribution >= 4 is 21.6 Å². The molecule has 1 amide bonds. The third kappa shape index (κ3) is 5.32.